The van der Waals surface area contributed by atoms with Gasteiger partial charge in [0.25, 0.3) is 0 Å². The Balaban J connectivity index is 1.58. The van der Waals surface area contributed by atoms with Crippen molar-refractivity contribution in [3.8, 4) is 0 Å². The van der Waals surface area contributed by atoms with E-state index in [0.717, 1.165) is 24.1 Å². The summed E-state index contributed by atoms with van der Waals surface area (Å²) in [5.41, 5.74) is 2.29. The lowest BCUT2D eigenvalue weighted by atomic mass is 9.95. The van der Waals surface area contributed by atoms with Crippen molar-refractivity contribution in [3.63, 3.8) is 0 Å². The molecule has 2 aliphatic heterocycles. The number of hydrogen-bond donors (Lipinski definition) is 0. The standard InChI is InChI=1S/C20H24ClN3O4S/c1-13-19(14(2)28-22-13)29(26,27)23-9-3-6-16(12-23)20(25)24-10-4-5-15-11-17(21)7-8-18(15)24/h7-8,11,16H,3-6,9-10,12H2,1-2H3. The third-order valence-corrected chi connectivity index (χ3v) is 8.07. The zero-order valence-electron chi connectivity index (χ0n) is 16.5. The van der Waals surface area contributed by atoms with Gasteiger partial charge in [0.2, 0.25) is 15.9 Å². The van der Waals surface area contributed by atoms with Crippen molar-refractivity contribution < 1.29 is 17.7 Å². The number of carbonyl (C=O) groups is 1. The highest BCUT2D eigenvalue weighted by atomic mass is 35.5. The molecule has 156 valence electrons. The van der Waals surface area contributed by atoms with E-state index in [0.29, 0.717) is 36.6 Å². The Morgan fingerprint density at radius 1 is 1.24 bits per heavy atom. The maximum Gasteiger partial charge on any atom is 0.248 e. The fourth-order valence-corrected chi connectivity index (χ4v) is 6.36. The molecule has 0 N–H and O–H groups in total. The largest absolute Gasteiger partial charge is 0.360 e. The number of rotatable bonds is 3. The number of hydrogen-bond acceptors (Lipinski definition) is 5. The molecular weight excluding hydrogens is 414 g/mol. The molecule has 1 atom stereocenters. The number of sulfonamides is 1. The third-order valence-electron chi connectivity index (χ3n) is 5.73. The third kappa shape index (κ3) is 3.69. The van der Waals surface area contributed by atoms with Crippen LogP contribution in [0.25, 0.3) is 0 Å². The van der Waals surface area contributed by atoms with Crippen molar-refractivity contribution in [2.75, 3.05) is 24.5 Å². The highest BCUT2D eigenvalue weighted by molar-refractivity contribution is 7.89. The zero-order valence-corrected chi connectivity index (χ0v) is 18.1. The summed E-state index contributed by atoms with van der Waals surface area (Å²) in [4.78, 5) is 15.2. The minimum Gasteiger partial charge on any atom is -0.360 e. The van der Waals surface area contributed by atoms with Gasteiger partial charge in [-0.25, -0.2) is 8.42 Å². The smallest absolute Gasteiger partial charge is 0.248 e. The first-order valence-corrected chi connectivity index (χ1v) is 11.6. The van der Waals surface area contributed by atoms with E-state index in [1.54, 1.807) is 24.8 Å². The average molecular weight is 438 g/mol. The maximum absolute atomic E-state index is 13.3. The summed E-state index contributed by atoms with van der Waals surface area (Å²) < 4.78 is 32.8. The number of benzene rings is 1. The summed E-state index contributed by atoms with van der Waals surface area (Å²) in [5.74, 6) is -0.120. The van der Waals surface area contributed by atoms with Crippen LogP contribution in [0, 0.1) is 19.8 Å². The number of anilines is 1. The van der Waals surface area contributed by atoms with Crippen molar-refractivity contribution in [3.05, 3.63) is 40.2 Å². The molecule has 1 saturated heterocycles. The maximum atomic E-state index is 13.3. The summed E-state index contributed by atoms with van der Waals surface area (Å²) >= 11 is 6.11. The molecule has 29 heavy (non-hydrogen) atoms. The second-order valence-corrected chi connectivity index (χ2v) is 10.0. The Hall–Kier alpha value is -1.90. The number of piperidine rings is 1. The first-order valence-electron chi connectivity index (χ1n) is 9.82. The number of aromatic nitrogens is 1. The van der Waals surface area contributed by atoms with Gasteiger partial charge in [0.05, 0.1) is 5.92 Å². The molecule has 0 aliphatic carbocycles. The van der Waals surface area contributed by atoms with E-state index in [4.69, 9.17) is 16.1 Å². The predicted molar refractivity (Wildman–Crippen MR) is 110 cm³/mol. The molecule has 1 aromatic heterocycles. The second kappa shape index (κ2) is 7.74. The van der Waals surface area contributed by atoms with Crippen LogP contribution < -0.4 is 4.90 Å². The molecular formula is C20H24ClN3O4S. The molecule has 0 spiro atoms. The van der Waals surface area contributed by atoms with Crippen molar-refractivity contribution in [2.24, 2.45) is 5.92 Å². The SMILES string of the molecule is Cc1noc(C)c1S(=O)(=O)N1CCCC(C(=O)N2CCCc3cc(Cl)ccc32)C1. The average Bonchev–Trinajstić information content (AvgIpc) is 3.05. The van der Waals surface area contributed by atoms with Crippen LogP contribution in [-0.4, -0.2) is 43.4 Å². The van der Waals surface area contributed by atoms with Crippen LogP contribution in [0.5, 0.6) is 0 Å². The molecule has 0 radical (unpaired) electrons. The summed E-state index contributed by atoms with van der Waals surface area (Å²) in [6.07, 6.45) is 3.07. The number of carbonyl (C=O) groups excluding carboxylic acids is 1. The van der Waals surface area contributed by atoms with Gasteiger partial charge in [0.15, 0.2) is 5.76 Å². The fourth-order valence-electron chi connectivity index (χ4n) is 4.35. The molecule has 1 unspecified atom stereocenters. The van der Waals surface area contributed by atoms with Gasteiger partial charge in [-0.2, -0.15) is 4.31 Å². The molecule has 7 nitrogen and oxygen atoms in total. The molecule has 4 rings (SSSR count). The normalized spacial score (nSPS) is 20.5. The highest BCUT2D eigenvalue weighted by Gasteiger charge is 2.38. The van der Waals surface area contributed by atoms with Gasteiger partial charge in [-0.05, 0) is 63.3 Å². The van der Waals surface area contributed by atoms with Crippen LogP contribution in [0.4, 0.5) is 5.69 Å². The van der Waals surface area contributed by atoms with E-state index in [2.05, 4.69) is 5.16 Å². The molecule has 3 heterocycles. The number of nitrogens with zero attached hydrogens (tertiary/aromatic N) is 3. The van der Waals surface area contributed by atoms with E-state index >= 15 is 0 Å². The predicted octanol–water partition coefficient (Wildman–Crippen LogP) is 3.32. The van der Waals surface area contributed by atoms with E-state index in [-0.39, 0.29) is 29.0 Å². The minimum atomic E-state index is -3.75. The lowest BCUT2D eigenvalue weighted by molar-refractivity contribution is -0.123. The van der Waals surface area contributed by atoms with Crippen LogP contribution in [0.15, 0.2) is 27.6 Å². The molecule has 1 aromatic carbocycles. The summed E-state index contributed by atoms with van der Waals surface area (Å²) in [6.45, 7) is 4.41. The van der Waals surface area contributed by atoms with Crippen molar-refractivity contribution in [1.29, 1.82) is 0 Å². The van der Waals surface area contributed by atoms with E-state index in [1.807, 2.05) is 12.1 Å². The lowest BCUT2D eigenvalue weighted by Crippen LogP contribution is -2.48. The fraction of sp³-hybridized carbons (Fsp3) is 0.500. The van der Waals surface area contributed by atoms with Crippen LogP contribution in [0.2, 0.25) is 5.02 Å². The van der Waals surface area contributed by atoms with Crippen molar-refractivity contribution in [2.45, 2.75) is 44.4 Å². The Kier molecular flexibility index (Phi) is 5.44. The van der Waals surface area contributed by atoms with Gasteiger partial charge < -0.3 is 9.42 Å². The topological polar surface area (TPSA) is 83.7 Å². The van der Waals surface area contributed by atoms with E-state index in [1.165, 1.54) is 4.31 Å². The first kappa shape index (κ1) is 20.4. The van der Waals surface area contributed by atoms with E-state index in [9.17, 15) is 13.2 Å². The summed E-state index contributed by atoms with van der Waals surface area (Å²) in [7, 11) is -3.75. The number of fused-ring (bicyclic) bond motifs is 1. The van der Waals surface area contributed by atoms with Gasteiger partial charge in [-0.3, -0.25) is 4.79 Å². The monoisotopic (exact) mass is 437 g/mol. The first-order chi connectivity index (χ1) is 13.8. The lowest BCUT2D eigenvalue weighted by Gasteiger charge is -2.36. The van der Waals surface area contributed by atoms with Crippen molar-refractivity contribution in [1.82, 2.24) is 9.46 Å². The van der Waals surface area contributed by atoms with Gasteiger partial charge in [-0.1, -0.05) is 16.8 Å². The molecule has 1 amide bonds. The zero-order chi connectivity index (χ0) is 20.8. The molecule has 2 aromatic rings. The highest BCUT2D eigenvalue weighted by Crippen LogP contribution is 2.33. The summed E-state index contributed by atoms with van der Waals surface area (Å²) in [5, 5.41) is 4.43. The molecule has 0 saturated carbocycles. The number of aryl methyl sites for hydroxylation is 3. The number of amides is 1. The van der Waals surface area contributed by atoms with Crippen LogP contribution in [0.1, 0.15) is 36.3 Å². The van der Waals surface area contributed by atoms with Gasteiger partial charge in [0.1, 0.15) is 10.6 Å². The molecule has 9 heteroatoms. The van der Waals surface area contributed by atoms with Crippen LogP contribution in [0.3, 0.4) is 0 Å². The second-order valence-electron chi connectivity index (χ2n) is 7.72. The van der Waals surface area contributed by atoms with Gasteiger partial charge >= 0.3 is 0 Å². The van der Waals surface area contributed by atoms with Crippen molar-refractivity contribution >= 4 is 33.2 Å². The van der Waals surface area contributed by atoms with E-state index < -0.39 is 10.0 Å². The Labute approximate surface area is 175 Å². The van der Waals surface area contributed by atoms with Crippen LogP contribution in [-0.2, 0) is 21.2 Å². The quantitative estimate of drug-likeness (QED) is 0.735. The Morgan fingerprint density at radius 2 is 2.03 bits per heavy atom. The minimum absolute atomic E-state index is 0.0214. The van der Waals surface area contributed by atoms with Gasteiger partial charge in [0, 0.05) is 30.3 Å². The number of halogens is 1. The molecule has 1 fully saturated rings. The molecule has 0 bridgehead atoms. The Morgan fingerprint density at radius 3 is 2.76 bits per heavy atom. The summed E-state index contributed by atoms with van der Waals surface area (Å²) in [6, 6.07) is 5.59. The molecule has 2 aliphatic rings. The van der Waals surface area contributed by atoms with Crippen LogP contribution >= 0.6 is 11.6 Å². The van der Waals surface area contributed by atoms with Gasteiger partial charge in [-0.15, -0.1) is 0 Å². The Bertz CT molecular complexity index is 1030.